The molecular formula is C10H10F2N2. The van der Waals surface area contributed by atoms with Crippen molar-refractivity contribution in [1.29, 1.82) is 0 Å². The summed E-state index contributed by atoms with van der Waals surface area (Å²) in [7, 11) is 0. The lowest BCUT2D eigenvalue weighted by molar-refractivity contribution is 0.241. The smallest absolute Gasteiger partial charge is 0.219 e. The summed E-state index contributed by atoms with van der Waals surface area (Å²) in [4.78, 5) is 3.51. The van der Waals surface area contributed by atoms with Gasteiger partial charge >= 0.3 is 0 Å². The van der Waals surface area contributed by atoms with Crippen LogP contribution in [0.5, 0.6) is 0 Å². The first-order chi connectivity index (χ1) is 6.77. The summed E-state index contributed by atoms with van der Waals surface area (Å²) in [5, 5.41) is 3.15. The highest BCUT2D eigenvalue weighted by molar-refractivity contribution is 5.35. The van der Waals surface area contributed by atoms with Crippen molar-refractivity contribution in [3.8, 4) is 0 Å². The Morgan fingerprint density at radius 1 is 1.43 bits per heavy atom. The Kier molecular flexibility index (Phi) is 1.62. The van der Waals surface area contributed by atoms with Crippen LogP contribution in [-0.4, -0.2) is 11.0 Å². The third-order valence-corrected chi connectivity index (χ3v) is 3.16. The SMILES string of the molecule is Fc1nccc2c1C(F)C1CCC2N1. The van der Waals surface area contributed by atoms with Crippen LogP contribution < -0.4 is 5.32 Å². The van der Waals surface area contributed by atoms with Gasteiger partial charge in [0, 0.05) is 23.8 Å². The molecule has 3 unspecified atom stereocenters. The highest BCUT2D eigenvalue weighted by Crippen LogP contribution is 2.43. The monoisotopic (exact) mass is 196 g/mol. The van der Waals surface area contributed by atoms with E-state index in [1.165, 1.54) is 6.20 Å². The van der Waals surface area contributed by atoms with Gasteiger partial charge in [-0.05, 0) is 24.5 Å². The van der Waals surface area contributed by atoms with Crippen LogP contribution in [-0.2, 0) is 0 Å². The lowest BCUT2D eigenvalue weighted by atomic mass is 9.95. The average Bonchev–Trinajstić information content (AvgIpc) is 2.60. The van der Waals surface area contributed by atoms with E-state index in [9.17, 15) is 8.78 Å². The van der Waals surface area contributed by atoms with Gasteiger partial charge < -0.3 is 5.32 Å². The molecule has 2 nitrogen and oxygen atoms in total. The van der Waals surface area contributed by atoms with Crippen molar-refractivity contribution >= 4 is 0 Å². The second-order valence-corrected chi connectivity index (χ2v) is 3.91. The molecule has 1 aromatic heterocycles. The summed E-state index contributed by atoms with van der Waals surface area (Å²) in [6.07, 6.45) is 1.83. The van der Waals surface area contributed by atoms with E-state index in [2.05, 4.69) is 10.3 Å². The summed E-state index contributed by atoms with van der Waals surface area (Å²) < 4.78 is 27.1. The van der Waals surface area contributed by atoms with Crippen molar-refractivity contribution < 1.29 is 8.78 Å². The van der Waals surface area contributed by atoms with E-state index in [-0.39, 0.29) is 17.6 Å². The van der Waals surface area contributed by atoms with Gasteiger partial charge in [-0.25, -0.2) is 9.37 Å². The van der Waals surface area contributed by atoms with Crippen molar-refractivity contribution in [2.75, 3.05) is 0 Å². The zero-order valence-electron chi connectivity index (χ0n) is 7.50. The molecule has 0 aliphatic carbocycles. The van der Waals surface area contributed by atoms with E-state index in [0.29, 0.717) is 0 Å². The summed E-state index contributed by atoms with van der Waals surface area (Å²) in [5.74, 6) is -0.645. The van der Waals surface area contributed by atoms with Gasteiger partial charge in [0.15, 0.2) is 0 Å². The molecule has 1 saturated heterocycles. The molecule has 3 heterocycles. The standard InChI is InChI=1S/C10H10F2N2/c11-9-7-2-1-6(14-7)5-3-4-13-10(12)8(5)9/h3-4,6-7,9,14H,1-2H2. The topological polar surface area (TPSA) is 24.9 Å². The third-order valence-electron chi connectivity index (χ3n) is 3.16. The number of nitrogens with zero attached hydrogens (tertiary/aromatic N) is 1. The minimum atomic E-state index is -1.24. The lowest BCUT2D eigenvalue weighted by Gasteiger charge is -2.27. The molecule has 2 aliphatic rings. The van der Waals surface area contributed by atoms with Gasteiger partial charge in [0.2, 0.25) is 5.95 Å². The van der Waals surface area contributed by atoms with Crippen LogP contribution in [0.25, 0.3) is 0 Å². The molecule has 14 heavy (non-hydrogen) atoms. The second kappa shape index (κ2) is 2.73. The molecule has 1 fully saturated rings. The molecule has 74 valence electrons. The predicted octanol–water partition coefficient (Wildman–Crippen LogP) is 2.04. The van der Waals surface area contributed by atoms with Gasteiger partial charge in [0.05, 0.1) is 0 Å². The Balaban J connectivity index is 2.21. The average molecular weight is 196 g/mol. The number of pyridine rings is 1. The molecular weight excluding hydrogens is 186 g/mol. The Hall–Kier alpha value is -1.03. The van der Waals surface area contributed by atoms with E-state index < -0.39 is 12.1 Å². The quantitative estimate of drug-likeness (QED) is 0.642. The Bertz CT molecular complexity index is 380. The molecule has 2 bridgehead atoms. The maximum atomic E-state index is 13.8. The Morgan fingerprint density at radius 3 is 3.14 bits per heavy atom. The first-order valence-electron chi connectivity index (χ1n) is 4.82. The van der Waals surface area contributed by atoms with Crippen LogP contribution in [0.15, 0.2) is 12.3 Å². The van der Waals surface area contributed by atoms with Crippen LogP contribution in [0.3, 0.4) is 0 Å². The van der Waals surface area contributed by atoms with E-state index in [0.717, 1.165) is 18.4 Å². The fraction of sp³-hybridized carbons (Fsp3) is 0.500. The Labute approximate surface area is 80.3 Å². The minimum Gasteiger partial charge on any atom is -0.304 e. The van der Waals surface area contributed by atoms with Gasteiger partial charge in [-0.3, -0.25) is 0 Å². The Morgan fingerprint density at radius 2 is 2.29 bits per heavy atom. The molecule has 2 aliphatic heterocycles. The van der Waals surface area contributed by atoms with Gasteiger partial charge in [0.25, 0.3) is 0 Å². The molecule has 1 aromatic rings. The number of rotatable bonds is 0. The zero-order chi connectivity index (χ0) is 9.71. The third kappa shape index (κ3) is 0.945. The summed E-state index contributed by atoms with van der Waals surface area (Å²) in [6, 6.07) is 1.62. The van der Waals surface area contributed by atoms with E-state index in [1.807, 2.05) is 0 Å². The highest BCUT2D eigenvalue weighted by atomic mass is 19.1. The molecule has 0 saturated carbocycles. The molecule has 0 amide bonds. The maximum Gasteiger partial charge on any atom is 0.219 e. The lowest BCUT2D eigenvalue weighted by Crippen LogP contribution is -2.34. The normalized spacial score (nSPS) is 34.3. The van der Waals surface area contributed by atoms with Crippen molar-refractivity contribution in [1.82, 2.24) is 10.3 Å². The predicted molar refractivity (Wildman–Crippen MR) is 46.9 cm³/mol. The number of hydrogen-bond donors (Lipinski definition) is 1. The number of fused-ring (bicyclic) bond motifs is 4. The van der Waals surface area contributed by atoms with Crippen LogP contribution in [0, 0.1) is 5.95 Å². The van der Waals surface area contributed by atoms with Gasteiger partial charge in [0.1, 0.15) is 6.17 Å². The molecule has 0 aromatic carbocycles. The fourth-order valence-electron chi connectivity index (χ4n) is 2.49. The molecule has 4 heteroatoms. The van der Waals surface area contributed by atoms with Crippen LogP contribution in [0.2, 0.25) is 0 Å². The van der Waals surface area contributed by atoms with Crippen LogP contribution in [0.1, 0.15) is 36.2 Å². The molecule has 0 spiro atoms. The summed E-state index contributed by atoms with van der Waals surface area (Å²) >= 11 is 0. The number of hydrogen-bond acceptors (Lipinski definition) is 2. The van der Waals surface area contributed by atoms with E-state index >= 15 is 0 Å². The largest absolute Gasteiger partial charge is 0.304 e. The van der Waals surface area contributed by atoms with Crippen molar-refractivity contribution in [3.05, 3.63) is 29.3 Å². The van der Waals surface area contributed by atoms with Crippen molar-refractivity contribution in [3.63, 3.8) is 0 Å². The summed E-state index contributed by atoms with van der Waals surface area (Å²) in [6.45, 7) is 0. The summed E-state index contributed by atoms with van der Waals surface area (Å²) in [5.41, 5.74) is 0.928. The van der Waals surface area contributed by atoms with Gasteiger partial charge in [-0.2, -0.15) is 4.39 Å². The van der Waals surface area contributed by atoms with Crippen LogP contribution >= 0.6 is 0 Å². The maximum absolute atomic E-state index is 13.8. The van der Waals surface area contributed by atoms with E-state index in [1.54, 1.807) is 6.07 Å². The molecule has 3 atom stereocenters. The van der Waals surface area contributed by atoms with E-state index in [4.69, 9.17) is 0 Å². The number of aromatic nitrogens is 1. The molecule has 0 radical (unpaired) electrons. The number of halogens is 2. The van der Waals surface area contributed by atoms with Crippen molar-refractivity contribution in [2.45, 2.75) is 31.1 Å². The first kappa shape index (κ1) is 8.29. The number of alkyl halides is 1. The highest BCUT2D eigenvalue weighted by Gasteiger charge is 2.41. The molecule has 3 rings (SSSR count). The van der Waals surface area contributed by atoms with Crippen LogP contribution in [0.4, 0.5) is 8.78 Å². The van der Waals surface area contributed by atoms with Gasteiger partial charge in [-0.1, -0.05) is 0 Å². The minimum absolute atomic E-state index is 0.125. The first-order valence-corrected chi connectivity index (χ1v) is 4.82. The number of nitrogens with one attached hydrogen (secondary N) is 1. The van der Waals surface area contributed by atoms with Crippen molar-refractivity contribution in [2.24, 2.45) is 0 Å². The van der Waals surface area contributed by atoms with Gasteiger partial charge in [-0.15, -0.1) is 0 Å². The fourth-order valence-corrected chi connectivity index (χ4v) is 2.49. The zero-order valence-corrected chi connectivity index (χ0v) is 7.50. The molecule has 1 N–H and O–H groups in total. The second-order valence-electron chi connectivity index (χ2n) is 3.91.